The molecule has 2 aromatic rings. The van der Waals surface area contributed by atoms with Gasteiger partial charge in [0.25, 0.3) is 0 Å². The van der Waals surface area contributed by atoms with Gasteiger partial charge in [-0.15, -0.1) is 0 Å². The van der Waals surface area contributed by atoms with Crippen LogP contribution in [0.2, 0.25) is 0 Å². The highest BCUT2D eigenvalue weighted by Crippen LogP contribution is 2.18. The van der Waals surface area contributed by atoms with Crippen LogP contribution in [0.15, 0.2) is 48.5 Å². The summed E-state index contributed by atoms with van der Waals surface area (Å²) in [5.74, 6) is 0.859. The lowest BCUT2D eigenvalue weighted by atomic mass is 10.1. The van der Waals surface area contributed by atoms with E-state index in [1.165, 1.54) is 11.1 Å². The van der Waals surface area contributed by atoms with Crippen molar-refractivity contribution >= 4 is 23.0 Å². The van der Waals surface area contributed by atoms with E-state index in [9.17, 15) is 0 Å². The molecule has 0 bridgehead atoms. The molecule has 0 aromatic heterocycles. The van der Waals surface area contributed by atoms with E-state index in [0.29, 0.717) is 5.11 Å². The van der Waals surface area contributed by atoms with Crippen LogP contribution in [0.1, 0.15) is 37.9 Å². The molecule has 0 aliphatic rings. The van der Waals surface area contributed by atoms with Gasteiger partial charge in [0.2, 0.25) is 0 Å². The number of rotatable bonds is 5. The van der Waals surface area contributed by atoms with Gasteiger partial charge in [0.1, 0.15) is 5.75 Å². The molecule has 4 heteroatoms. The quantitative estimate of drug-likeness (QED) is 0.770. The number of nitrogens with one attached hydrogen (secondary N) is 2. The van der Waals surface area contributed by atoms with Crippen LogP contribution < -0.4 is 15.4 Å². The summed E-state index contributed by atoms with van der Waals surface area (Å²) in [6, 6.07) is 16.4. The topological polar surface area (TPSA) is 33.3 Å². The van der Waals surface area contributed by atoms with E-state index < -0.39 is 0 Å². The maximum atomic E-state index is 5.63. The number of aryl methyl sites for hydroxylation is 1. The van der Waals surface area contributed by atoms with Crippen molar-refractivity contribution in [2.75, 3.05) is 5.32 Å². The van der Waals surface area contributed by atoms with E-state index in [1.807, 2.05) is 38.1 Å². The molecule has 3 nitrogen and oxygen atoms in total. The first-order valence-corrected chi connectivity index (χ1v) is 8.25. The predicted octanol–water partition coefficient (Wildman–Crippen LogP) is 4.83. The molecule has 0 amide bonds. The fraction of sp³-hybridized carbons (Fsp3) is 0.316. The SMILES string of the molecule is Cc1ccc([C@H](C)NC(=S)Nc2ccc(OC(C)C)cc2)cc1. The lowest BCUT2D eigenvalue weighted by Gasteiger charge is -2.18. The summed E-state index contributed by atoms with van der Waals surface area (Å²) in [6.45, 7) is 8.20. The molecule has 1 atom stereocenters. The van der Waals surface area contributed by atoms with E-state index in [-0.39, 0.29) is 12.1 Å². The Morgan fingerprint density at radius 3 is 2.13 bits per heavy atom. The molecule has 2 N–H and O–H groups in total. The van der Waals surface area contributed by atoms with Crippen molar-refractivity contribution in [3.8, 4) is 5.75 Å². The van der Waals surface area contributed by atoms with Crippen LogP contribution in [0.4, 0.5) is 5.69 Å². The molecule has 0 heterocycles. The molecule has 0 saturated heterocycles. The van der Waals surface area contributed by atoms with Gasteiger partial charge in [-0.25, -0.2) is 0 Å². The van der Waals surface area contributed by atoms with Crippen LogP contribution in [0.3, 0.4) is 0 Å². The first-order valence-electron chi connectivity index (χ1n) is 7.85. The van der Waals surface area contributed by atoms with Crippen LogP contribution in [0.25, 0.3) is 0 Å². The van der Waals surface area contributed by atoms with Crippen molar-refractivity contribution in [3.63, 3.8) is 0 Å². The van der Waals surface area contributed by atoms with Crippen molar-refractivity contribution in [1.82, 2.24) is 5.32 Å². The summed E-state index contributed by atoms with van der Waals surface area (Å²) in [7, 11) is 0. The van der Waals surface area contributed by atoms with E-state index in [1.54, 1.807) is 0 Å². The molecule has 0 radical (unpaired) electrons. The Morgan fingerprint density at radius 1 is 0.957 bits per heavy atom. The molecule has 0 unspecified atom stereocenters. The van der Waals surface area contributed by atoms with Crippen molar-refractivity contribution in [2.24, 2.45) is 0 Å². The average Bonchev–Trinajstić information content (AvgIpc) is 2.49. The molecule has 0 spiro atoms. The van der Waals surface area contributed by atoms with Crippen LogP contribution in [-0.2, 0) is 0 Å². The first kappa shape index (κ1) is 17.3. The predicted molar refractivity (Wildman–Crippen MR) is 101 cm³/mol. The minimum absolute atomic E-state index is 0.152. The van der Waals surface area contributed by atoms with Gasteiger partial charge in [-0.1, -0.05) is 29.8 Å². The number of thiocarbonyl (C=S) groups is 1. The van der Waals surface area contributed by atoms with Gasteiger partial charge in [0, 0.05) is 5.69 Å². The van der Waals surface area contributed by atoms with Gasteiger partial charge < -0.3 is 15.4 Å². The number of hydrogen-bond donors (Lipinski definition) is 2. The van der Waals surface area contributed by atoms with Gasteiger partial charge in [0.15, 0.2) is 5.11 Å². The first-order chi connectivity index (χ1) is 10.9. The zero-order valence-corrected chi connectivity index (χ0v) is 14.9. The van der Waals surface area contributed by atoms with Gasteiger partial charge in [-0.05, 0) is 69.7 Å². The zero-order valence-electron chi connectivity index (χ0n) is 14.1. The second kappa shape index (κ2) is 7.97. The van der Waals surface area contributed by atoms with Crippen LogP contribution >= 0.6 is 12.2 Å². The van der Waals surface area contributed by atoms with Gasteiger partial charge >= 0.3 is 0 Å². The second-order valence-electron chi connectivity index (χ2n) is 5.92. The Kier molecular flexibility index (Phi) is 5.99. The van der Waals surface area contributed by atoms with E-state index in [4.69, 9.17) is 17.0 Å². The minimum Gasteiger partial charge on any atom is -0.491 e. The number of ether oxygens (including phenoxy) is 1. The maximum Gasteiger partial charge on any atom is 0.171 e. The lowest BCUT2D eigenvalue weighted by molar-refractivity contribution is 0.242. The van der Waals surface area contributed by atoms with Crippen LogP contribution in [0.5, 0.6) is 5.75 Å². The monoisotopic (exact) mass is 328 g/mol. The number of anilines is 1. The third kappa shape index (κ3) is 5.57. The van der Waals surface area contributed by atoms with Crippen molar-refractivity contribution in [3.05, 3.63) is 59.7 Å². The molecular formula is C19H24N2OS. The van der Waals surface area contributed by atoms with Crippen molar-refractivity contribution in [2.45, 2.75) is 39.8 Å². The van der Waals surface area contributed by atoms with E-state index in [0.717, 1.165) is 11.4 Å². The smallest absolute Gasteiger partial charge is 0.171 e. The van der Waals surface area contributed by atoms with Gasteiger partial charge in [0.05, 0.1) is 12.1 Å². The third-order valence-corrected chi connectivity index (χ3v) is 3.63. The molecule has 2 rings (SSSR count). The largest absolute Gasteiger partial charge is 0.491 e. The Morgan fingerprint density at radius 2 is 1.57 bits per heavy atom. The molecular weight excluding hydrogens is 304 g/mol. The molecule has 0 aliphatic heterocycles. The third-order valence-electron chi connectivity index (χ3n) is 3.41. The van der Waals surface area contributed by atoms with Gasteiger partial charge in [-0.3, -0.25) is 0 Å². The molecule has 0 saturated carbocycles. The second-order valence-corrected chi connectivity index (χ2v) is 6.33. The molecule has 2 aromatic carbocycles. The van der Waals surface area contributed by atoms with E-state index in [2.05, 4.69) is 48.7 Å². The van der Waals surface area contributed by atoms with Crippen molar-refractivity contribution < 1.29 is 4.74 Å². The summed E-state index contributed by atoms with van der Waals surface area (Å²) >= 11 is 5.39. The molecule has 23 heavy (non-hydrogen) atoms. The zero-order chi connectivity index (χ0) is 16.8. The summed E-state index contributed by atoms with van der Waals surface area (Å²) < 4.78 is 5.63. The molecule has 0 fully saturated rings. The summed E-state index contributed by atoms with van der Waals surface area (Å²) in [5.41, 5.74) is 3.40. The Balaban J connectivity index is 1.90. The fourth-order valence-corrected chi connectivity index (χ4v) is 2.49. The number of benzene rings is 2. The Bertz CT molecular complexity index is 635. The fourth-order valence-electron chi connectivity index (χ4n) is 2.19. The number of hydrogen-bond acceptors (Lipinski definition) is 2. The summed E-state index contributed by atoms with van der Waals surface area (Å²) in [4.78, 5) is 0. The average molecular weight is 328 g/mol. The van der Waals surface area contributed by atoms with Crippen LogP contribution in [-0.4, -0.2) is 11.2 Å². The van der Waals surface area contributed by atoms with Gasteiger partial charge in [-0.2, -0.15) is 0 Å². The highest BCUT2D eigenvalue weighted by Gasteiger charge is 2.07. The van der Waals surface area contributed by atoms with Crippen molar-refractivity contribution in [1.29, 1.82) is 0 Å². The van der Waals surface area contributed by atoms with Crippen LogP contribution in [0, 0.1) is 6.92 Å². The summed E-state index contributed by atoms with van der Waals surface area (Å²) in [5, 5.41) is 7.11. The highest BCUT2D eigenvalue weighted by molar-refractivity contribution is 7.80. The standard InChI is InChI=1S/C19H24N2OS/c1-13(2)22-18-11-9-17(10-12-18)21-19(23)20-15(4)16-7-5-14(3)6-8-16/h5-13,15H,1-4H3,(H2,20,21,23)/t15-/m0/s1. The normalized spacial score (nSPS) is 11.9. The minimum atomic E-state index is 0.152. The molecule has 0 aliphatic carbocycles. The summed E-state index contributed by atoms with van der Waals surface area (Å²) in [6.07, 6.45) is 0.173. The Hall–Kier alpha value is -2.07. The maximum absolute atomic E-state index is 5.63. The molecule has 122 valence electrons. The van der Waals surface area contributed by atoms with E-state index >= 15 is 0 Å². The Labute approximate surface area is 144 Å². The highest BCUT2D eigenvalue weighted by atomic mass is 32.1. The lowest BCUT2D eigenvalue weighted by Crippen LogP contribution is -2.30.